The van der Waals surface area contributed by atoms with Gasteiger partial charge in [0.05, 0.1) is 0 Å². The lowest BCUT2D eigenvalue weighted by atomic mass is 10.1. The Morgan fingerprint density at radius 3 is 2.68 bits per heavy atom. The molecule has 0 fully saturated rings. The number of nitrogens with one attached hydrogen (secondary N) is 1. The first-order chi connectivity index (χ1) is 12.0. The summed E-state index contributed by atoms with van der Waals surface area (Å²) in [5, 5.41) is 3.10. The Hall–Kier alpha value is -2.73. The van der Waals surface area contributed by atoms with Crippen LogP contribution in [0.3, 0.4) is 0 Å². The summed E-state index contributed by atoms with van der Waals surface area (Å²) in [6.07, 6.45) is 0. The van der Waals surface area contributed by atoms with Crippen molar-refractivity contribution < 1.29 is 18.7 Å². The molecule has 3 aromatic rings. The Morgan fingerprint density at radius 1 is 1.16 bits per heavy atom. The maximum atomic E-state index is 13.7. The fraction of sp³-hybridized carbons (Fsp3) is 0.158. The van der Waals surface area contributed by atoms with E-state index in [0.717, 1.165) is 22.5 Å². The molecule has 4 nitrogen and oxygen atoms in total. The third-order valence-electron chi connectivity index (χ3n) is 3.92. The highest BCUT2D eigenvalue weighted by Crippen LogP contribution is 2.28. The molecule has 1 N–H and O–H groups in total. The number of anilines is 1. The molecule has 0 aliphatic rings. The molecule has 3 rings (SSSR count). The summed E-state index contributed by atoms with van der Waals surface area (Å²) in [6, 6.07) is 11.7. The number of carbonyl (C=O) groups is 2. The molecule has 0 aliphatic heterocycles. The zero-order valence-corrected chi connectivity index (χ0v) is 14.6. The second-order valence-electron chi connectivity index (χ2n) is 5.63. The average molecular weight is 357 g/mol. The van der Waals surface area contributed by atoms with Crippen LogP contribution in [0.1, 0.15) is 20.8 Å². The smallest absolute Gasteiger partial charge is 0.348 e. The Kier molecular flexibility index (Phi) is 4.81. The van der Waals surface area contributed by atoms with E-state index in [0.29, 0.717) is 15.8 Å². The van der Waals surface area contributed by atoms with Crippen molar-refractivity contribution in [2.45, 2.75) is 13.8 Å². The Morgan fingerprint density at radius 2 is 1.92 bits per heavy atom. The maximum Gasteiger partial charge on any atom is 0.348 e. The molecule has 0 bridgehead atoms. The summed E-state index contributed by atoms with van der Waals surface area (Å²) in [5.41, 5.74) is 2.70. The fourth-order valence-corrected chi connectivity index (χ4v) is 3.37. The molecular weight excluding hydrogens is 341 g/mol. The van der Waals surface area contributed by atoms with Gasteiger partial charge in [0.25, 0.3) is 5.91 Å². The third kappa shape index (κ3) is 3.69. The molecule has 2 aromatic carbocycles. The van der Waals surface area contributed by atoms with Crippen molar-refractivity contribution in [3.8, 4) is 0 Å². The van der Waals surface area contributed by atoms with E-state index in [1.165, 1.54) is 12.1 Å². The number of carbonyl (C=O) groups excluding carboxylic acids is 2. The zero-order valence-electron chi connectivity index (χ0n) is 13.8. The molecule has 0 atom stereocenters. The average Bonchev–Trinajstić information content (AvgIpc) is 3.03. The monoisotopic (exact) mass is 357 g/mol. The third-order valence-corrected chi connectivity index (χ3v) is 5.00. The molecule has 1 heterocycles. The van der Waals surface area contributed by atoms with Crippen LogP contribution in [0, 0.1) is 19.7 Å². The highest BCUT2D eigenvalue weighted by atomic mass is 32.1. The Labute approximate surface area is 148 Å². The van der Waals surface area contributed by atoms with E-state index >= 15 is 0 Å². The Bertz CT molecular complexity index is 964. The molecule has 0 unspecified atom stereocenters. The van der Waals surface area contributed by atoms with Gasteiger partial charge in [0.1, 0.15) is 10.7 Å². The number of fused-ring (bicyclic) bond motifs is 1. The van der Waals surface area contributed by atoms with Crippen LogP contribution in [0.4, 0.5) is 10.1 Å². The van der Waals surface area contributed by atoms with Gasteiger partial charge in [-0.15, -0.1) is 11.3 Å². The standard InChI is InChI=1S/C19H16FNO3S/c1-11-5-3-7-15(12(11)2)21-18(22)10-24-19(23)17-9-13-14(20)6-4-8-16(13)25-17/h3-9H,10H2,1-2H3,(H,21,22). The van der Waals surface area contributed by atoms with Gasteiger partial charge in [0.15, 0.2) is 6.61 Å². The topological polar surface area (TPSA) is 55.4 Å². The molecule has 25 heavy (non-hydrogen) atoms. The van der Waals surface area contributed by atoms with Gasteiger partial charge < -0.3 is 10.1 Å². The molecule has 0 saturated heterocycles. The van der Waals surface area contributed by atoms with Gasteiger partial charge in [-0.25, -0.2) is 9.18 Å². The van der Waals surface area contributed by atoms with E-state index in [9.17, 15) is 14.0 Å². The maximum absolute atomic E-state index is 13.7. The van der Waals surface area contributed by atoms with Gasteiger partial charge in [-0.2, -0.15) is 0 Å². The quantitative estimate of drug-likeness (QED) is 0.702. The first-order valence-corrected chi connectivity index (χ1v) is 8.48. The number of benzene rings is 2. The number of aryl methyl sites for hydroxylation is 1. The van der Waals surface area contributed by atoms with E-state index in [4.69, 9.17) is 4.74 Å². The van der Waals surface area contributed by atoms with Gasteiger partial charge in [0, 0.05) is 15.8 Å². The van der Waals surface area contributed by atoms with Crippen LogP contribution < -0.4 is 5.32 Å². The van der Waals surface area contributed by atoms with Crippen molar-refractivity contribution >= 4 is 39.0 Å². The molecule has 128 valence electrons. The number of rotatable bonds is 4. The van der Waals surface area contributed by atoms with E-state index < -0.39 is 18.5 Å². The highest BCUT2D eigenvalue weighted by molar-refractivity contribution is 7.20. The molecule has 1 aromatic heterocycles. The van der Waals surface area contributed by atoms with Crippen LogP contribution >= 0.6 is 11.3 Å². The lowest BCUT2D eigenvalue weighted by Gasteiger charge is -2.10. The molecule has 1 amide bonds. The van der Waals surface area contributed by atoms with Gasteiger partial charge in [0.2, 0.25) is 0 Å². The first-order valence-electron chi connectivity index (χ1n) is 7.67. The normalized spacial score (nSPS) is 10.7. The SMILES string of the molecule is Cc1cccc(NC(=O)COC(=O)c2cc3c(F)cccc3s2)c1C. The summed E-state index contributed by atoms with van der Waals surface area (Å²) in [6.45, 7) is 3.46. The molecule has 0 aliphatic carbocycles. The number of halogens is 1. The highest BCUT2D eigenvalue weighted by Gasteiger charge is 2.15. The van der Waals surface area contributed by atoms with Crippen LogP contribution in [0.25, 0.3) is 10.1 Å². The number of hydrogen-bond acceptors (Lipinski definition) is 4. The zero-order chi connectivity index (χ0) is 18.0. The van der Waals surface area contributed by atoms with Crippen molar-refractivity contribution in [1.29, 1.82) is 0 Å². The van der Waals surface area contributed by atoms with Crippen molar-refractivity contribution in [2.75, 3.05) is 11.9 Å². The summed E-state index contributed by atoms with van der Waals surface area (Å²) in [7, 11) is 0. The van der Waals surface area contributed by atoms with E-state index in [1.54, 1.807) is 18.2 Å². The minimum absolute atomic E-state index is 0.264. The van der Waals surface area contributed by atoms with Crippen LogP contribution in [0.5, 0.6) is 0 Å². The first kappa shape index (κ1) is 17.1. The van der Waals surface area contributed by atoms with Gasteiger partial charge in [-0.1, -0.05) is 18.2 Å². The summed E-state index contributed by atoms with van der Waals surface area (Å²) in [4.78, 5) is 24.3. The van der Waals surface area contributed by atoms with Gasteiger partial charge in [-0.3, -0.25) is 4.79 Å². The molecule has 6 heteroatoms. The van der Waals surface area contributed by atoms with Crippen molar-refractivity contribution in [3.05, 3.63) is 64.3 Å². The summed E-state index contributed by atoms with van der Waals surface area (Å²) >= 11 is 1.13. The lowest BCUT2D eigenvalue weighted by molar-refractivity contribution is -0.119. The van der Waals surface area contributed by atoms with Crippen molar-refractivity contribution in [3.63, 3.8) is 0 Å². The van der Waals surface area contributed by atoms with Gasteiger partial charge in [-0.05, 0) is 49.2 Å². The molecule has 0 radical (unpaired) electrons. The second-order valence-corrected chi connectivity index (χ2v) is 6.72. The number of amides is 1. The number of esters is 1. The Balaban J connectivity index is 1.64. The van der Waals surface area contributed by atoms with E-state index in [1.807, 2.05) is 26.0 Å². The number of thiophene rings is 1. The van der Waals surface area contributed by atoms with Crippen LogP contribution in [0.15, 0.2) is 42.5 Å². The summed E-state index contributed by atoms with van der Waals surface area (Å²) in [5.74, 6) is -1.45. The molecule has 0 saturated carbocycles. The number of hydrogen-bond donors (Lipinski definition) is 1. The minimum Gasteiger partial charge on any atom is -0.451 e. The minimum atomic E-state index is -0.642. The van der Waals surface area contributed by atoms with Gasteiger partial charge >= 0.3 is 5.97 Å². The van der Waals surface area contributed by atoms with Crippen LogP contribution in [-0.2, 0) is 9.53 Å². The van der Waals surface area contributed by atoms with Crippen LogP contribution in [-0.4, -0.2) is 18.5 Å². The summed E-state index contributed by atoms with van der Waals surface area (Å²) < 4.78 is 19.4. The number of ether oxygens (including phenoxy) is 1. The predicted octanol–water partition coefficient (Wildman–Crippen LogP) is 4.45. The van der Waals surface area contributed by atoms with Crippen molar-refractivity contribution in [1.82, 2.24) is 0 Å². The molecular formula is C19H16FNO3S. The molecule has 0 spiro atoms. The second kappa shape index (κ2) is 7.03. The van der Waals surface area contributed by atoms with Crippen LogP contribution in [0.2, 0.25) is 0 Å². The lowest BCUT2D eigenvalue weighted by Crippen LogP contribution is -2.21. The largest absolute Gasteiger partial charge is 0.451 e. The van der Waals surface area contributed by atoms with Crippen molar-refractivity contribution in [2.24, 2.45) is 0 Å². The van der Waals surface area contributed by atoms with E-state index in [-0.39, 0.29) is 10.7 Å². The fourth-order valence-electron chi connectivity index (χ4n) is 2.40. The van der Waals surface area contributed by atoms with E-state index in [2.05, 4.69) is 5.32 Å². The predicted molar refractivity (Wildman–Crippen MR) is 96.6 cm³/mol.